The second-order valence-corrected chi connectivity index (χ2v) is 7.35. The summed E-state index contributed by atoms with van der Waals surface area (Å²) >= 11 is 1.42. The third kappa shape index (κ3) is 5.11. The van der Waals surface area contributed by atoms with E-state index in [9.17, 15) is 14.4 Å². The van der Waals surface area contributed by atoms with E-state index in [1.807, 2.05) is 0 Å². The van der Waals surface area contributed by atoms with Gasteiger partial charge in [0.05, 0.1) is 17.0 Å². The number of carbonyl (C=O) groups is 3. The smallest absolute Gasteiger partial charge is 0.338 e. The summed E-state index contributed by atoms with van der Waals surface area (Å²) in [5.74, 6) is -0.617. The lowest BCUT2D eigenvalue weighted by molar-refractivity contribution is -0.124. The molecule has 0 saturated heterocycles. The number of anilines is 1. The summed E-state index contributed by atoms with van der Waals surface area (Å²) in [6, 6.07) is 4.99. The van der Waals surface area contributed by atoms with Gasteiger partial charge in [0.2, 0.25) is 5.91 Å². The lowest BCUT2D eigenvalue weighted by Crippen LogP contribution is -2.30. The van der Waals surface area contributed by atoms with Crippen LogP contribution in [0.4, 0.5) is 5.69 Å². The summed E-state index contributed by atoms with van der Waals surface area (Å²) in [5, 5.41) is 5.50. The van der Waals surface area contributed by atoms with Crippen molar-refractivity contribution in [1.29, 1.82) is 0 Å². The molecule has 2 N–H and O–H groups in total. The molecule has 7 heteroatoms. The number of hydrogen-bond donors (Lipinski definition) is 2. The Balaban J connectivity index is 1.43. The number of nitrogens with one attached hydrogen (secondary N) is 2. The van der Waals surface area contributed by atoms with Gasteiger partial charge < -0.3 is 15.4 Å². The molecule has 1 heterocycles. The molecule has 0 saturated carbocycles. The molecule has 0 aromatic heterocycles. The summed E-state index contributed by atoms with van der Waals surface area (Å²) in [7, 11) is 0. The van der Waals surface area contributed by atoms with Gasteiger partial charge in [0, 0.05) is 11.4 Å². The molecule has 1 aliphatic carbocycles. The molecule has 3 rings (SSSR count). The van der Waals surface area contributed by atoms with Gasteiger partial charge in [-0.3, -0.25) is 9.59 Å². The Morgan fingerprint density at radius 1 is 1.27 bits per heavy atom. The fourth-order valence-corrected chi connectivity index (χ4v) is 3.76. The average Bonchev–Trinajstić information content (AvgIpc) is 2.66. The highest BCUT2D eigenvalue weighted by molar-refractivity contribution is 8.00. The molecule has 1 aromatic carbocycles. The standard InChI is InChI=1S/C19H22N2O4S/c22-17(20-9-8-13-4-2-1-3-5-13)11-25-19(24)14-6-7-16-15(10-14)21-18(23)12-26-16/h4,6-7,10H,1-3,5,8-9,11-12H2,(H,20,22)(H,21,23). The summed E-state index contributed by atoms with van der Waals surface area (Å²) in [6.45, 7) is 0.250. The second kappa shape index (κ2) is 8.89. The number of carbonyl (C=O) groups excluding carboxylic acids is 3. The van der Waals surface area contributed by atoms with E-state index in [4.69, 9.17) is 4.74 Å². The maximum absolute atomic E-state index is 12.1. The zero-order chi connectivity index (χ0) is 18.4. The molecule has 2 aliphatic rings. The van der Waals surface area contributed by atoms with Crippen LogP contribution in [0.5, 0.6) is 0 Å². The van der Waals surface area contributed by atoms with E-state index >= 15 is 0 Å². The summed E-state index contributed by atoms with van der Waals surface area (Å²) in [5.41, 5.74) is 2.31. The summed E-state index contributed by atoms with van der Waals surface area (Å²) in [4.78, 5) is 36.3. The normalized spacial score (nSPS) is 16.2. The molecule has 0 spiro atoms. The molecule has 0 atom stereocenters. The van der Waals surface area contributed by atoms with Gasteiger partial charge in [-0.25, -0.2) is 4.79 Å². The molecule has 1 aromatic rings. The van der Waals surface area contributed by atoms with E-state index in [0.717, 1.165) is 24.2 Å². The number of ether oxygens (including phenoxy) is 1. The molecule has 26 heavy (non-hydrogen) atoms. The molecular weight excluding hydrogens is 352 g/mol. The van der Waals surface area contributed by atoms with Gasteiger partial charge in [0.25, 0.3) is 5.91 Å². The Hall–Kier alpha value is -2.28. The topological polar surface area (TPSA) is 84.5 Å². The fourth-order valence-electron chi connectivity index (χ4n) is 2.97. The molecule has 0 radical (unpaired) electrons. The van der Waals surface area contributed by atoms with E-state index in [-0.39, 0.29) is 18.4 Å². The van der Waals surface area contributed by atoms with Gasteiger partial charge in [-0.15, -0.1) is 11.8 Å². The number of hydrogen-bond acceptors (Lipinski definition) is 5. The molecular formula is C19H22N2O4S. The van der Waals surface area contributed by atoms with Crippen LogP contribution in [0, 0.1) is 0 Å². The van der Waals surface area contributed by atoms with Crippen LogP contribution in [-0.2, 0) is 14.3 Å². The van der Waals surface area contributed by atoms with Crippen molar-refractivity contribution in [3.8, 4) is 0 Å². The van der Waals surface area contributed by atoms with Gasteiger partial charge in [0.1, 0.15) is 0 Å². The highest BCUT2D eigenvalue weighted by Gasteiger charge is 2.18. The number of rotatable bonds is 6. The van der Waals surface area contributed by atoms with Crippen LogP contribution < -0.4 is 10.6 Å². The van der Waals surface area contributed by atoms with E-state index in [0.29, 0.717) is 23.5 Å². The van der Waals surface area contributed by atoms with Crippen molar-refractivity contribution in [2.45, 2.75) is 37.0 Å². The summed E-state index contributed by atoms with van der Waals surface area (Å²) < 4.78 is 5.07. The van der Waals surface area contributed by atoms with E-state index in [2.05, 4.69) is 16.7 Å². The van der Waals surface area contributed by atoms with Crippen LogP contribution >= 0.6 is 11.8 Å². The van der Waals surface area contributed by atoms with Crippen LogP contribution in [0.2, 0.25) is 0 Å². The van der Waals surface area contributed by atoms with Gasteiger partial charge in [-0.2, -0.15) is 0 Å². The lowest BCUT2D eigenvalue weighted by atomic mass is 9.97. The number of amides is 2. The van der Waals surface area contributed by atoms with Crippen LogP contribution in [-0.4, -0.2) is 36.7 Å². The first-order chi connectivity index (χ1) is 12.6. The van der Waals surface area contributed by atoms with Crippen molar-refractivity contribution < 1.29 is 19.1 Å². The number of benzene rings is 1. The van der Waals surface area contributed by atoms with E-state index < -0.39 is 5.97 Å². The molecule has 0 fully saturated rings. The first-order valence-electron chi connectivity index (χ1n) is 8.80. The Morgan fingerprint density at radius 3 is 2.96 bits per heavy atom. The van der Waals surface area contributed by atoms with Gasteiger partial charge >= 0.3 is 5.97 Å². The predicted octanol–water partition coefficient (Wildman–Crippen LogP) is 2.89. The molecule has 0 bridgehead atoms. The quantitative estimate of drug-likeness (QED) is 0.591. The van der Waals surface area contributed by atoms with Crippen molar-refractivity contribution in [3.63, 3.8) is 0 Å². The number of allylic oxidation sites excluding steroid dienone is 1. The maximum atomic E-state index is 12.1. The van der Waals surface area contributed by atoms with Gasteiger partial charge in [-0.05, 0) is 50.3 Å². The van der Waals surface area contributed by atoms with Crippen LogP contribution in [0.25, 0.3) is 0 Å². The largest absolute Gasteiger partial charge is 0.452 e. The Labute approximate surface area is 156 Å². The summed E-state index contributed by atoms with van der Waals surface area (Å²) in [6.07, 6.45) is 7.80. The van der Waals surface area contributed by atoms with Crippen molar-refractivity contribution in [3.05, 3.63) is 35.4 Å². The fraction of sp³-hybridized carbons (Fsp3) is 0.421. The SMILES string of the molecule is O=C(COC(=O)c1ccc2c(c1)NC(=O)CS2)NCCC1=CCCCC1. The molecule has 138 valence electrons. The zero-order valence-corrected chi connectivity index (χ0v) is 15.3. The van der Waals surface area contributed by atoms with Crippen molar-refractivity contribution in [2.24, 2.45) is 0 Å². The first kappa shape index (κ1) is 18.5. The van der Waals surface area contributed by atoms with Crippen molar-refractivity contribution >= 4 is 35.2 Å². The number of esters is 1. The minimum absolute atomic E-state index is 0.0968. The number of fused-ring (bicyclic) bond motifs is 1. The third-order valence-corrected chi connectivity index (χ3v) is 5.41. The monoisotopic (exact) mass is 374 g/mol. The minimum atomic E-state index is -0.581. The Kier molecular flexibility index (Phi) is 6.33. The lowest BCUT2D eigenvalue weighted by Gasteiger charge is -2.16. The second-order valence-electron chi connectivity index (χ2n) is 6.33. The minimum Gasteiger partial charge on any atom is -0.452 e. The molecule has 0 unspecified atom stereocenters. The Morgan fingerprint density at radius 2 is 2.15 bits per heavy atom. The third-order valence-electron chi connectivity index (χ3n) is 4.34. The zero-order valence-electron chi connectivity index (χ0n) is 14.5. The maximum Gasteiger partial charge on any atom is 0.338 e. The number of thioether (sulfide) groups is 1. The van der Waals surface area contributed by atoms with Crippen LogP contribution in [0.3, 0.4) is 0 Å². The highest BCUT2D eigenvalue weighted by atomic mass is 32.2. The highest BCUT2D eigenvalue weighted by Crippen LogP contribution is 2.32. The molecule has 2 amide bonds. The van der Waals surface area contributed by atoms with Crippen LogP contribution in [0.1, 0.15) is 42.5 Å². The predicted molar refractivity (Wildman–Crippen MR) is 100 cm³/mol. The van der Waals surface area contributed by atoms with Crippen molar-refractivity contribution in [2.75, 3.05) is 24.2 Å². The van der Waals surface area contributed by atoms with Crippen LogP contribution in [0.15, 0.2) is 34.7 Å². The molecule has 6 nitrogen and oxygen atoms in total. The molecule has 1 aliphatic heterocycles. The Bertz CT molecular complexity index is 745. The average molecular weight is 374 g/mol. The van der Waals surface area contributed by atoms with Gasteiger partial charge in [0.15, 0.2) is 6.61 Å². The van der Waals surface area contributed by atoms with E-state index in [1.54, 1.807) is 18.2 Å². The van der Waals surface area contributed by atoms with Gasteiger partial charge in [-0.1, -0.05) is 11.6 Å². The first-order valence-corrected chi connectivity index (χ1v) is 9.79. The van der Waals surface area contributed by atoms with Crippen molar-refractivity contribution in [1.82, 2.24) is 5.32 Å². The van der Waals surface area contributed by atoms with E-state index in [1.165, 1.54) is 30.2 Å².